The van der Waals surface area contributed by atoms with Crippen LogP contribution in [0.5, 0.6) is 0 Å². The average Bonchev–Trinajstić information content (AvgIpc) is 2.41. The summed E-state index contributed by atoms with van der Waals surface area (Å²) in [6.45, 7) is 2.22. The van der Waals surface area contributed by atoms with E-state index < -0.39 is 0 Å². The first-order valence-corrected chi connectivity index (χ1v) is 7.04. The molecule has 0 saturated carbocycles. The summed E-state index contributed by atoms with van der Waals surface area (Å²) in [4.78, 5) is 4.05. The number of unbranched alkanes of at least 4 members (excludes halogenated alkanes) is 1. The highest BCUT2D eigenvalue weighted by atomic mass is 79.9. The molecule has 0 aliphatic carbocycles. The van der Waals surface area contributed by atoms with Gasteiger partial charge in [-0.05, 0) is 52.5 Å². The highest BCUT2D eigenvalue weighted by molar-refractivity contribution is 9.10. The zero-order chi connectivity index (χ0) is 12.8. The summed E-state index contributed by atoms with van der Waals surface area (Å²) in [5.41, 5.74) is 3.53. The van der Waals surface area contributed by atoms with Crippen LogP contribution in [0.15, 0.2) is 47.2 Å². The number of hydrogen-bond donors (Lipinski definition) is 1. The summed E-state index contributed by atoms with van der Waals surface area (Å²) >= 11 is 3.48. The fraction of sp³-hybridized carbons (Fsp3) is 0.267. The smallest absolute Gasteiger partial charge is 0.0593 e. The maximum Gasteiger partial charge on any atom is 0.0593 e. The highest BCUT2D eigenvalue weighted by Crippen LogP contribution is 2.24. The van der Waals surface area contributed by atoms with Gasteiger partial charge in [0.05, 0.1) is 10.2 Å². The first kappa shape index (κ1) is 13.1. The number of nitrogens with zero attached hydrogens (tertiary/aromatic N) is 1. The zero-order valence-corrected chi connectivity index (χ0v) is 12.1. The number of anilines is 2. The summed E-state index contributed by atoms with van der Waals surface area (Å²) in [6.07, 6.45) is 7.23. The normalized spacial score (nSPS) is 10.3. The van der Waals surface area contributed by atoms with Crippen LogP contribution in [0, 0.1) is 0 Å². The van der Waals surface area contributed by atoms with Crippen LogP contribution >= 0.6 is 15.9 Å². The number of aromatic nitrogens is 1. The van der Waals surface area contributed by atoms with Crippen LogP contribution in [0.25, 0.3) is 0 Å². The molecule has 0 fully saturated rings. The third-order valence-electron chi connectivity index (χ3n) is 2.82. The number of hydrogen-bond acceptors (Lipinski definition) is 2. The van der Waals surface area contributed by atoms with E-state index in [-0.39, 0.29) is 0 Å². The Balaban J connectivity index is 2.04. The second-order valence-corrected chi connectivity index (χ2v) is 5.14. The van der Waals surface area contributed by atoms with Gasteiger partial charge in [0.25, 0.3) is 0 Å². The van der Waals surface area contributed by atoms with Crippen molar-refractivity contribution < 1.29 is 0 Å². The van der Waals surface area contributed by atoms with Crippen LogP contribution in [0.1, 0.15) is 25.3 Å². The average molecular weight is 305 g/mol. The van der Waals surface area contributed by atoms with Crippen molar-refractivity contribution in [3.05, 3.63) is 52.8 Å². The third kappa shape index (κ3) is 3.57. The Hall–Kier alpha value is -1.35. The van der Waals surface area contributed by atoms with Gasteiger partial charge < -0.3 is 5.32 Å². The second-order valence-electron chi connectivity index (χ2n) is 4.28. The Bertz CT molecular complexity index is 494. The molecule has 1 aromatic carbocycles. The minimum atomic E-state index is 0.972. The standard InChI is InChI=1S/C15H17BrN2/c1-2-3-4-12-5-7-13(8-6-12)18-15-9-10-17-11-14(15)16/h5-11H,2-4H2,1H3,(H,17,18). The molecule has 1 heterocycles. The molecule has 94 valence electrons. The van der Waals surface area contributed by atoms with Gasteiger partial charge in [-0.2, -0.15) is 0 Å². The Kier molecular flexibility index (Phi) is 4.76. The molecule has 3 heteroatoms. The molecule has 2 rings (SSSR count). The molecule has 1 N–H and O–H groups in total. The van der Waals surface area contributed by atoms with E-state index in [1.807, 2.05) is 6.07 Å². The summed E-state index contributed by atoms with van der Waals surface area (Å²) in [5.74, 6) is 0. The van der Waals surface area contributed by atoms with Crippen molar-refractivity contribution >= 4 is 27.3 Å². The molecule has 2 aromatic rings. The molecule has 0 aliphatic heterocycles. The zero-order valence-electron chi connectivity index (χ0n) is 10.5. The number of halogens is 1. The van der Waals surface area contributed by atoms with Crippen molar-refractivity contribution in [3.63, 3.8) is 0 Å². The van der Waals surface area contributed by atoms with Crippen LogP contribution in [0.2, 0.25) is 0 Å². The molecule has 18 heavy (non-hydrogen) atoms. The highest BCUT2D eigenvalue weighted by Gasteiger charge is 1.99. The molecule has 0 unspecified atom stereocenters. The molecular formula is C15H17BrN2. The number of aryl methyl sites for hydroxylation is 1. The maximum atomic E-state index is 4.05. The molecule has 0 saturated heterocycles. The predicted molar refractivity (Wildman–Crippen MR) is 80.3 cm³/mol. The van der Waals surface area contributed by atoms with E-state index in [0.29, 0.717) is 0 Å². The fourth-order valence-corrected chi connectivity index (χ4v) is 2.12. The van der Waals surface area contributed by atoms with Crippen molar-refractivity contribution in [3.8, 4) is 0 Å². The van der Waals surface area contributed by atoms with Crippen molar-refractivity contribution in [2.45, 2.75) is 26.2 Å². The molecule has 0 aliphatic rings. The second kappa shape index (κ2) is 6.55. The summed E-state index contributed by atoms with van der Waals surface area (Å²) in [7, 11) is 0. The molecule has 1 aromatic heterocycles. The van der Waals surface area contributed by atoms with E-state index in [9.17, 15) is 0 Å². The molecule has 0 radical (unpaired) electrons. The van der Waals surface area contributed by atoms with Crippen LogP contribution in [-0.2, 0) is 6.42 Å². The van der Waals surface area contributed by atoms with Gasteiger partial charge in [-0.15, -0.1) is 0 Å². The SMILES string of the molecule is CCCCc1ccc(Nc2ccncc2Br)cc1. The minimum absolute atomic E-state index is 0.972. The van der Waals surface area contributed by atoms with Crippen LogP contribution < -0.4 is 5.32 Å². The lowest BCUT2D eigenvalue weighted by Crippen LogP contribution is -1.92. The lowest BCUT2D eigenvalue weighted by Gasteiger charge is -2.08. The van der Waals surface area contributed by atoms with Crippen molar-refractivity contribution in [1.29, 1.82) is 0 Å². The number of pyridine rings is 1. The van der Waals surface area contributed by atoms with E-state index in [1.54, 1.807) is 12.4 Å². The first-order valence-electron chi connectivity index (χ1n) is 6.25. The van der Waals surface area contributed by atoms with Crippen molar-refractivity contribution in [1.82, 2.24) is 4.98 Å². The first-order chi connectivity index (χ1) is 8.79. The lowest BCUT2D eigenvalue weighted by atomic mass is 10.1. The summed E-state index contributed by atoms with van der Waals surface area (Å²) in [6, 6.07) is 10.6. The predicted octanol–water partition coefficient (Wildman–Crippen LogP) is 4.93. The van der Waals surface area contributed by atoms with Crippen LogP contribution in [-0.4, -0.2) is 4.98 Å². The minimum Gasteiger partial charge on any atom is -0.355 e. The van der Waals surface area contributed by atoms with Gasteiger partial charge in [-0.1, -0.05) is 25.5 Å². The Morgan fingerprint density at radius 1 is 1.17 bits per heavy atom. The maximum absolute atomic E-state index is 4.05. The van der Waals surface area contributed by atoms with Crippen LogP contribution in [0.3, 0.4) is 0 Å². The molecule has 2 nitrogen and oxygen atoms in total. The fourth-order valence-electron chi connectivity index (χ4n) is 1.77. The van der Waals surface area contributed by atoms with Gasteiger partial charge in [0.15, 0.2) is 0 Å². The van der Waals surface area contributed by atoms with E-state index in [0.717, 1.165) is 22.3 Å². The number of benzene rings is 1. The quantitative estimate of drug-likeness (QED) is 0.847. The topological polar surface area (TPSA) is 24.9 Å². The van der Waals surface area contributed by atoms with Gasteiger partial charge in [-0.25, -0.2) is 0 Å². The van der Waals surface area contributed by atoms with Crippen molar-refractivity contribution in [2.75, 3.05) is 5.32 Å². The Labute approximate surface area is 117 Å². The van der Waals surface area contributed by atoms with E-state index in [1.165, 1.54) is 18.4 Å². The van der Waals surface area contributed by atoms with Crippen LogP contribution in [0.4, 0.5) is 11.4 Å². The van der Waals surface area contributed by atoms with Gasteiger partial charge in [0, 0.05) is 18.1 Å². The number of rotatable bonds is 5. The van der Waals surface area contributed by atoms with E-state index >= 15 is 0 Å². The van der Waals surface area contributed by atoms with Gasteiger partial charge in [0.2, 0.25) is 0 Å². The summed E-state index contributed by atoms with van der Waals surface area (Å²) < 4.78 is 0.972. The van der Waals surface area contributed by atoms with E-state index in [4.69, 9.17) is 0 Å². The molecule has 0 spiro atoms. The Morgan fingerprint density at radius 2 is 1.94 bits per heavy atom. The Morgan fingerprint density at radius 3 is 2.61 bits per heavy atom. The van der Waals surface area contributed by atoms with Gasteiger partial charge in [-0.3, -0.25) is 4.98 Å². The summed E-state index contributed by atoms with van der Waals surface area (Å²) in [5, 5.41) is 3.37. The largest absolute Gasteiger partial charge is 0.355 e. The number of nitrogens with one attached hydrogen (secondary N) is 1. The van der Waals surface area contributed by atoms with Crippen molar-refractivity contribution in [2.24, 2.45) is 0 Å². The van der Waals surface area contributed by atoms with Gasteiger partial charge in [0.1, 0.15) is 0 Å². The third-order valence-corrected chi connectivity index (χ3v) is 3.46. The monoisotopic (exact) mass is 304 g/mol. The lowest BCUT2D eigenvalue weighted by molar-refractivity contribution is 0.795. The molecule has 0 bridgehead atoms. The molecular weight excluding hydrogens is 288 g/mol. The van der Waals surface area contributed by atoms with E-state index in [2.05, 4.69) is 57.4 Å². The van der Waals surface area contributed by atoms with Gasteiger partial charge >= 0.3 is 0 Å². The molecule has 0 amide bonds. The molecule has 0 atom stereocenters.